The molecule has 0 unspecified atom stereocenters. The van der Waals surface area contributed by atoms with Gasteiger partial charge in [-0.1, -0.05) is 0 Å². The van der Waals surface area contributed by atoms with Gasteiger partial charge in [0.2, 0.25) is 0 Å². The highest BCUT2D eigenvalue weighted by Crippen LogP contribution is 2.28. The van der Waals surface area contributed by atoms with Crippen LogP contribution in [0.4, 0.5) is 0 Å². The van der Waals surface area contributed by atoms with Crippen molar-refractivity contribution in [3.05, 3.63) is 27.7 Å². The molecule has 0 fully saturated rings. The molecular formula is C10H14BrNO3. The summed E-state index contributed by atoms with van der Waals surface area (Å²) < 4.78 is 11.1. The van der Waals surface area contributed by atoms with Gasteiger partial charge in [-0.05, 0) is 39.2 Å². The molecular weight excluding hydrogens is 262 g/mol. The Morgan fingerprint density at radius 3 is 2.60 bits per heavy atom. The zero-order chi connectivity index (χ0) is 11.3. The molecule has 1 rings (SSSR count). The fraction of sp³-hybridized carbons (Fsp3) is 0.400. The maximum Gasteiger partial charge on any atom is 0.133 e. The lowest BCUT2D eigenvalue weighted by Crippen LogP contribution is -2.09. The number of hydrogen-bond acceptors (Lipinski definition) is 4. The molecule has 1 aromatic rings. The van der Waals surface area contributed by atoms with Crippen LogP contribution in [0.3, 0.4) is 0 Å². The first-order chi connectivity index (χ1) is 7.22. The van der Waals surface area contributed by atoms with E-state index < -0.39 is 0 Å². The molecule has 0 radical (unpaired) electrons. The van der Waals surface area contributed by atoms with Gasteiger partial charge in [0.1, 0.15) is 5.75 Å². The lowest BCUT2D eigenvalue weighted by atomic mass is 10.1. The molecule has 0 aromatic heterocycles. The van der Waals surface area contributed by atoms with Gasteiger partial charge in [-0.3, -0.25) is 0 Å². The number of methoxy groups -OCH3 is 2. The van der Waals surface area contributed by atoms with Gasteiger partial charge in [-0.15, -0.1) is 0 Å². The molecule has 84 valence electrons. The highest BCUT2D eigenvalue weighted by Gasteiger charge is 2.08. The summed E-state index contributed by atoms with van der Waals surface area (Å²) in [5, 5.41) is 8.69. The number of ether oxygens (including phenoxy) is 2. The maximum atomic E-state index is 8.69. The van der Waals surface area contributed by atoms with E-state index in [0.717, 1.165) is 21.3 Å². The van der Waals surface area contributed by atoms with Gasteiger partial charge in [0.05, 0.1) is 18.2 Å². The van der Waals surface area contributed by atoms with E-state index in [0.29, 0.717) is 13.2 Å². The summed E-state index contributed by atoms with van der Waals surface area (Å²) in [6.07, 6.45) is 0. The second-order valence-electron chi connectivity index (χ2n) is 3.02. The number of hydrogen-bond donors (Lipinski definition) is 2. The van der Waals surface area contributed by atoms with Crippen molar-refractivity contribution >= 4 is 15.9 Å². The van der Waals surface area contributed by atoms with Crippen LogP contribution in [0.25, 0.3) is 0 Å². The number of halogens is 1. The van der Waals surface area contributed by atoms with Gasteiger partial charge >= 0.3 is 0 Å². The Balaban J connectivity index is 3.07. The molecule has 15 heavy (non-hydrogen) atoms. The third-order valence-electron chi connectivity index (χ3n) is 2.04. The number of nitrogens with one attached hydrogen (secondary N) is 1. The Labute approximate surface area is 97.3 Å². The van der Waals surface area contributed by atoms with Gasteiger partial charge in [-0.25, -0.2) is 5.48 Å². The summed E-state index contributed by atoms with van der Waals surface area (Å²) in [5.41, 5.74) is 4.08. The van der Waals surface area contributed by atoms with E-state index in [1.807, 2.05) is 12.1 Å². The van der Waals surface area contributed by atoms with Crippen LogP contribution in [-0.4, -0.2) is 19.4 Å². The molecule has 0 aliphatic carbocycles. The van der Waals surface area contributed by atoms with E-state index in [1.54, 1.807) is 14.2 Å². The van der Waals surface area contributed by atoms with E-state index in [9.17, 15) is 0 Å². The van der Waals surface area contributed by atoms with Crippen LogP contribution < -0.4 is 10.2 Å². The predicted molar refractivity (Wildman–Crippen MR) is 60.0 cm³/mol. The topological polar surface area (TPSA) is 50.7 Å². The first-order valence-corrected chi connectivity index (χ1v) is 5.23. The summed E-state index contributed by atoms with van der Waals surface area (Å²) in [6.45, 7) is 0.863. The van der Waals surface area contributed by atoms with Crippen molar-refractivity contribution in [2.45, 2.75) is 13.2 Å². The third-order valence-corrected chi connectivity index (χ3v) is 2.66. The molecule has 0 spiro atoms. The first-order valence-electron chi connectivity index (χ1n) is 4.44. The predicted octanol–water partition coefficient (Wildman–Crippen LogP) is 2.08. The van der Waals surface area contributed by atoms with Crippen LogP contribution >= 0.6 is 15.9 Å². The molecule has 0 saturated carbocycles. The lowest BCUT2D eigenvalue weighted by molar-refractivity contribution is 0.157. The first kappa shape index (κ1) is 12.4. The minimum atomic E-state index is 0.376. The van der Waals surface area contributed by atoms with Crippen molar-refractivity contribution in [1.29, 1.82) is 0 Å². The molecule has 0 amide bonds. The van der Waals surface area contributed by atoms with Gasteiger partial charge in [-0.2, -0.15) is 0 Å². The third kappa shape index (κ3) is 3.17. The molecule has 1 aromatic carbocycles. The van der Waals surface area contributed by atoms with Crippen molar-refractivity contribution < 1.29 is 14.7 Å². The van der Waals surface area contributed by atoms with Gasteiger partial charge in [0.15, 0.2) is 0 Å². The Morgan fingerprint density at radius 2 is 2.07 bits per heavy atom. The number of hydroxylamine groups is 1. The SMILES string of the molecule is COCc1cc(OC)c(Br)cc1CNO. The number of benzene rings is 1. The van der Waals surface area contributed by atoms with Crippen molar-refractivity contribution in [2.75, 3.05) is 14.2 Å². The molecule has 0 bridgehead atoms. The van der Waals surface area contributed by atoms with Crippen molar-refractivity contribution in [3.63, 3.8) is 0 Å². The second-order valence-corrected chi connectivity index (χ2v) is 3.88. The summed E-state index contributed by atoms with van der Waals surface area (Å²) in [7, 11) is 3.24. The largest absolute Gasteiger partial charge is 0.496 e. The number of rotatable bonds is 5. The highest BCUT2D eigenvalue weighted by molar-refractivity contribution is 9.10. The van der Waals surface area contributed by atoms with E-state index in [2.05, 4.69) is 21.4 Å². The normalized spacial score (nSPS) is 10.4. The van der Waals surface area contributed by atoms with E-state index in [-0.39, 0.29) is 0 Å². The van der Waals surface area contributed by atoms with Gasteiger partial charge in [0.25, 0.3) is 0 Å². The summed E-state index contributed by atoms with van der Waals surface area (Å²) >= 11 is 3.39. The van der Waals surface area contributed by atoms with Crippen molar-refractivity contribution in [3.8, 4) is 5.75 Å². The molecule has 0 aliphatic heterocycles. The van der Waals surface area contributed by atoms with Crippen LogP contribution in [0.15, 0.2) is 16.6 Å². The van der Waals surface area contributed by atoms with E-state index >= 15 is 0 Å². The van der Waals surface area contributed by atoms with Crippen LogP contribution in [-0.2, 0) is 17.9 Å². The Kier molecular flexibility index (Phi) is 5.04. The van der Waals surface area contributed by atoms with Gasteiger partial charge < -0.3 is 14.7 Å². The summed E-state index contributed by atoms with van der Waals surface area (Å²) in [4.78, 5) is 0. The molecule has 4 nitrogen and oxygen atoms in total. The van der Waals surface area contributed by atoms with E-state index in [1.165, 1.54) is 0 Å². The van der Waals surface area contributed by atoms with Gasteiger partial charge in [0, 0.05) is 13.7 Å². The molecule has 0 heterocycles. The molecule has 0 atom stereocenters. The second kappa shape index (κ2) is 6.07. The molecule has 0 aliphatic rings. The monoisotopic (exact) mass is 275 g/mol. The van der Waals surface area contributed by atoms with E-state index in [4.69, 9.17) is 14.7 Å². The highest BCUT2D eigenvalue weighted by atomic mass is 79.9. The minimum absolute atomic E-state index is 0.376. The summed E-state index contributed by atoms with van der Waals surface area (Å²) in [6, 6.07) is 3.79. The standard InChI is InChI=1S/C10H14BrNO3/c1-14-6-8-4-10(15-2)9(11)3-7(8)5-12-13/h3-4,12-13H,5-6H2,1-2H3. The molecule has 0 saturated heterocycles. The van der Waals surface area contributed by atoms with Crippen molar-refractivity contribution in [1.82, 2.24) is 5.48 Å². The fourth-order valence-electron chi connectivity index (χ4n) is 1.33. The smallest absolute Gasteiger partial charge is 0.133 e. The average Bonchev–Trinajstić information content (AvgIpc) is 2.22. The quantitative estimate of drug-likeness (QED) is 0.808. The fourth-order valence-corrected chi connectivity index (χ4v) is 1.89. The Hall–Kier alpha value is -0.620. The average molecular weight is 276 g/mol. The Morgan fingerprint density at radius 1 is 1.33 bits per heavy atom. The van der Waals surface area contributed by atoms with Crippen LogP contribution in [0, 0.1) is 0 Å². The van der Waals surface area contributed by atoms with Crippen LogP contribution in [0.5, 0.6) is 5.75 Å². The Bertz CT molecular complexity index is 331. The molecule has 2 N–H and O–H groups in total. The minimum Gasteiger partial charge on any atom is -0.496 e. The maximum absolute atomic E-state index is 8.69. The zero-order valence-corrected chi connectivity index (χ0v) is 10.3. The van der Waals surface area contributed by atoms with Crippen LogP contribution in [0.1, 0.15) is 11.1 Å². The lowest BCUT2D eigenvalue weighted by Gasteiger charge is -2.12. The zero-order valence-electron chi connectivity index (χ0n) is 8.71. The molecule has 5 heteroatoms. The van der Waals surface area contributed by atoms with Crippen molar-refractivity contribution in [2.24, 2.45) is 0 Å². The summed E-state index contributed by atoms with van der Waals surface area (Å²) in [5.74, 6) is 0.753. The van der Waals surface area contributed by atoms with Crippen LogP contribution in [0.2, 0.25) is 0 Å².